The largest absolute Gasteiger partial charge is 0.337 e. The Morgan fingerprint density at radius 2 is 2.25 bits per heavy atom. The molecular formula is C10H9BrFN3O. The summed E-state index contributed by atoms with van der Waals surface area (Å²) in [6, 6.07) is 3.93. The second kappa shape index (κ2) is 4.31. The summed E-state index contributed by atoms with van der Waals surface area (Å²) in [4.78, 5) is 4.08. The predicted octanol–water partition coefficient (Wildman–Crippen LogP) is 2.66. The molecule has 0 spiro atoms. The summed E-state index contributed by atoms with van der Waals surface area (Å²) >= 11 is 3.29. The van der Waals surface area contributed by atoms with Crippen LogP contribution in [0.5, 0.6) is 0 Å². The van der Waals surface area contributed by atoms with E-state index in [4.69, 9.17) is 10.3 Å². The van der Waals surface area contributed by atoms with E-state index in [1.165, 1.54) is 12.1 Å². The number of rotatable bonds is 2. The fourth-order valence-corrected chi connectivity index (χ4v) is 1.62. The number of hydrogen-bond donors (Lipinski definition) is 1. The van der Waals surface area contributed by atoms with Gasteiger partial charge in [-0.05, 0) is 25.1 Å². The Balaban J connectivity index is 2.46. The zero-order valence-corrected chi connectivity index (χ0v) is 10.0. The lowest BCUT2D eigenvalue weighted by molar-refractivity contribution is 0.362. The molecular weight excluding hydrogens is 277 g/mol. The summed E-state index contributed by atoms with van der Waals surface area (Å²) in [5, 5.41) is 3.75. The topological polar surface area (TPSA) is 64.9 Å². The zero-order valence-electron chi connectivity index (χ0n) is 8.45. The van der Waals surface area contributed by atoms with Gasteiger partial charge in [-0.15, -0.1) is 0 Å². The van der Waals surface area contributed by atoms with Crippen LogP contribution >= 0.6 is 15.9 Å². The van der Waals surface area contributed by atoms with E-state index in [9.17, 15) is 4.39 Å². The van der Waals surface area contributed by atoms with Crippen LogP contribution < -0.4 is 5.73 Å². The first-order chi connectivity index (χ1) is 7.58. The van der Waals surface area contributed by atoms with Gasteiger partial charge in [-0.2, -0.15) is 4.98 Å². The van der Waals surface area contributed by atoms with Crippen molar-refractivity contribution in [1.82, 2.24) is 10.1 Å². The summed E-state index contributed by atoms with van der Waals surface area (Å²) < 4.78 is 18.7. The normalized spacial score (nSPS) is 12.8. The number of halogens is 2. The first kappa shape index (κ1) is 11.2. The molecule has 0 aliphatic rings. The third-order valence-electron chi connectivity index (χ3n) is 2.00. The van der Waals surface area contributed by atoms with Crippen molar-refractivity contribution in [3.8, 4) is 11.4 Å². The molecule has 0 amide bonds. The number of aromatic nitrogens is 2. The van der Waals surface area contributed by atoms with E-state index in [1.54, 1.807) is 13.0 Å². The van der Waals surface area contributed by atoms with Crippen molar-refractivity contribution in [2.24, 2.45) is 5.73 Å². The van der Waals surface area contributed by atoms with E-state index in [2.05, 4.69) is 26.1 Å². The Morgan fingerprint density at radius 3 is 2.88 bits per heavy atom. The molecule has 84 valence electrons. The number of nitrogens with two attached hydrogens (primary N) is 1. The fourth-order valence-electron chi connectivity index (χ4n) is 1.20. The van der Waals surface area contributed by atoms with Crippen LogP contribution in [0.1, 0.15) is 18.9 Å². The number of hydrogen-bond acceptors (Lipinski definition) is 4. The lowest BCUT2D eigenvalue weighted by Crippen LogP contribution is -2.04. The lowest BCUT2D eigenvalue weighted by Gasteiger charge is -1.98. The van der Waals surface area contributed by atoms with Crippen molar-refractivity contribution in [2.75, 3.05) is 0 Å². The van der Waals surface area contributed by atoms with E-state index in [-0.39, 0.29) is 11.9 Å². The van der Waals surface area contributed by atoms with Gasteiger partial charge in [-0.25, -0.2) is 4.39 Å². The molecule has 6 heteroatoms. The molecule has 16 heavy (non-hydrogen) atoms. The van der Waals surface area contributed by atoms with Gasteiger partial charge in [0, 0.05) is 10.0 Å². The van der Waals surface area contributed by atoms with Crippen molar-refractivity contribution < 1.29 is 8.91 Å². The van der Waals surface area contributed by atoms with Crippen LogP contribution in [-0.2, 0) is 0 Å². The van der Waals surface area contributed by atoms with E-state index in [0.717, 1.165) is 0 Å². The summed E-state index contributed by atoms with van der Waals surface area (Å²) in [6.07, 6.45) is 0. The molecule has 0 saturated heterocycles. The van der Waals surface area contributed by atoms with E-state index in [1.807, 2.05) is 0 Å². The molecule has 1 aromatic carbocycles. The van der Waals surface area contributed by atoms with Crippen molar-refractivity contribution in [2.45, 2.75) is 13.0 Å². The SMILES string of the molecule is C[C@H](N)c1nc(-c2cc(F)ccc2Br)no1. The van der Waals surface area contributed by atoms with Crippen molar-refractivity contribution in [3.05, 3.63) is 34.4 Å². The monoisotopic (exact) mass is 285 g/mol. The van der Waals surface area contributed by atoms with Crippen LogP contribution in [0.15, 0.2) is 27.2 Å². The predicted molar refractivity (Wildman–Crippen MR) is 60.0 cm³/mol. The van der Waals surface area contributed by atoms with Gasteiger partial charge in [0.1, 0.15) is 5.82 Å². The van der Waals surface area contributed by atoms with Crippen molar-refractivity contribution >= 4 is 15.9 Å². The van der Waals surface area contributed by atoms with E-state index in [0.29, 0.717) is 21.8 Å². The minimum absolute atomic E-state index is 0.318. The highest BCUT2D eigenvalue weighted by Crippen LogP contribution is 2.27. The molecule has 2 rings (SSSR count). The van der Waals surface area contributed by atoms with Crippen LogP contribution in [-0.4, -0.2) is 10.1 Å². The molecule has 0 bridgehead atoms. The quantitative estimate of drug-likeness (QED) is 0.921. The lowest BCUT2D eigenvalue weighted by atomic mass is 10.2. The highest BCUT2D eigenvalue weighted by molar-refractivity contribution is 9.10. The molecule has 1 heterocycles. The minimum atomic E-state index is -0.356. The Labute approximate surface area is 99.8 Å². The van der Waals surface area contributed by atoms with E-state index < -0.39 is 0 Å². The molecule has 1 aromatic heterocycles. The maximum atomic E-state index is 13.1. The highest BCUT2D eigenvalue weighted by Gasteiger charge is 2.14. The smallest absolute Gasteiger partial charge is 0.243 e. The second-order valence-corrected chi connectivity index (χ2v) is 4.22. The van der Waals surface area contributed by atoms with Crippen molar-refractivity contribution in [1.29, 1.82) is 0 Å². The minimum Gasteiger partial charge on any atom is -0.337 e. The van der Waals surface area contributed by atoms with Gasteiger partial charge in [0.25, 0.3) is 0 Å². The molecule has 0 saturated carbocycles. The molecule has 0 radical (unpaired) electrons. The van der Waals surface area contributed by atoms with Crippen LogP contribution in [0.2, 0.25) is 0 Å². The third-order valence-corrected chi connectivity index (χ3v) is 2.69. The van der Waals surface area contributed by atoms with Gasteiger partial charge in [0.05, 0.1) is 6.04 Å². The molecule has 0 aliphatic heterocycles. The molecule has 1 atom stereocenters. The van der Waals surface area contributed by atoms with Gasteiger partial charge in [0.15, 0.2) is 0 Å². The fraction of sp³-hybridized carbons (Fsp3) is 0.200. The molecule has 0 unspecified atom stereocenters. The first-order valence-corrected chi connectivity index (χ1v) is 5.42. The molecule has 2 aromatic rings. The Bertz CT molecular complexity index is 513. The van der Waals surface area contributed by atoms with Gasteiger partial charge >= 0.3 is 0 Å². The third kappa shape index (κ3) is 2.12. The van der Waals surface area contributed by atoms with Crippen molar-refractivity contribution in [3.63, 3.8) is 0 Å². The van der Waals surface area contributed by atoms with Crippen LogP contribution in [0.4, 0.5) is 4.39 Å². The second-order valence-electron chi connectivity index (χ2n) is 3.37. The standard InChI is InChI=1S/C10H9BrFN3O/c1-5(13)10-14-9(15-16-10)7-4-6(12)2-3-8(7)11/h2-5H,13H2,1H3/t5-/m0/s1. The van der Waals surface area contributed by atoms with Crippen LogP contribution in [0.3, 0.4) is 0 Å². The average Bonchev–Trinajstić information content (AvgIpc) is 2.70. The number of benzene rings is 1. The summed E-state index contributed by atoms with van der Waals surface area (Å²) in [5.74, 6) is 0.287. The van der Waals surface area contributed by atoms with Gasteiger partial charge in [0.2, 0.25) is 11.7 Å². The molecule has 4 nitrogen and oxygen atoms in total. The maximum absolute atomic E-state index is 13.1. The summed E-state index contributed by atoms with van der Waals surface area (Å²) in [5.41, 5.74) is 6.13. The summed E-state index contributed by atoms with van der Waals surface area (Å²) in [7, 11) is 0. The Morgan fingerprint density at radius 1 is 1.50 bits per heavy atom. The van der Waals surface area contributed by atoms with Crippen LogP contribution in [0, 0.1) is 5.82 Å². The van der Waals surface area contributed by atoms with Gasteiger partial charge in [-0.1, -0.05) is 21.1 Å². The molecule has 0 fully saturated rings. The zero-order chi connectivity index (χ0) is 11.7. The van der Waals surface area contributed by atoms with Gasteiger partial charge in [-0.3, -0.25) is 0 Å². The first-order valence-electron chi connectivity index (χ1n) is 4.62. The van der Waals surface area contributed by atoms with E-state index >= 15 is 0 Å². The maximum Gasteiger partial charge on any atom is 0.243 e. The highest BCUT2D eigenvalue weighted by atomic mass is 79.9. The Hall–Kier alpha value is -1.27. The number of nitrogens with zero attached hydrogens (tertiary/aromatic N) is 2. The van der Waals surface area contributed by atoms with Crippen LogP contribution in [0.25, 0.3) is 11.4 Å². The molecule has 2 N–H and O–H groups in total. The summed E-state index contributed by atoms with van der Waals surface area (Å²) in [6.45, 7) is 1.73. The average molecular weight is 286 g/mol. The van der Waals surface area contributed by atoms with Gasteiger partial charge < -0.3 is 10.3 Å². The molecule has 0 aliphatic carbocycles. The Kier molecular flexibility index (Phi) is 3.02.